The standard InChI is InChI=1S/C17H26N4O2S2Si/c1-26(2,3)13-8-20-12(23-13)10-24-14-9-21-17(25-14)15(16(18)22)11-4-6-19-7-5-11/h8-9,11,15,19H,4-7,10H2,1-3H3,(H2,18,22). The zero-order valence-electron chi connectivity index (χ0n) is 15.4. The SMILES string of the molecule is C[Si](C)(C)c1cnc(CSc2cnc(C(C(N)=O)C3CCNCC3)s2)o1. The van der Waals surface area contributed by atoms with E-state index in [-0.39, 0.29) is 17.7 Å². The molecule has 2 aromatic rings. The van der Waals surface area contributed by atoms with Gasteiger partial charge < -0.3 is 15.5 Å². The van der Waals surface area contributed by atoms with Crippen LogP contribution in [0.5, 0.6) is 0 Å². The van der Waals surface area contributed by atoms with Crippen LogP contribution in [0.3, 0.4) is 0 Å². The number of aromatic nitrogens is 2. The monoisotopic (exact) mass is 410 g/mol. The molecule has 0 spiro atoms. The Bertz CT molecular complexity index is 750. The number of nitrogens with two attached hydrogens (primary N) is 1. The van der Waals surface area contributed by atoms with Gasteiger partial charge in [-0.2, -0.15) is 0 Å². The van der Waals surface area contributed by atoms with Gasteiger partial charge in [0.15, 0.2) is 0 Å². The average molecular weight is 411 g/mol. The third-order valence-corrected chi connectivity index (χ3v) is 8.53. The van der Waals surface area contributed by atoms with Crippen molar-refractivity contribution in [1.29, 1.82) is 0 Å². The molecule has 1 aliphatic rings. The summed E-state index contributed by atoms with van der Waals surface area (Å²) in [5.41, 5.74) is 5.70. The van der Waals surface area contributed by atoms with Crippen molar-refractivity contribution >= 4 is 42.5 Å². The van der Waals surface area contributed by atoms with E-state index in [0.29, 0.717) is 5.75 Å². The minimum absolute atomic E-state index is 0.268. The minimum Gasteiger partial charge on any atom is -0.450 e. The Hall–Kier alpha value is -1.16. The molecule has 1 amide bonds. The molecule has 0 aromatic carbocycles. The number of thiazole rings is 1. The number of nitrogens with zero attached hydrogens (tertiary/aromatic N) is 2. The summed E-state index contributed by atoms with van der Waals surface area (Å²) in [6.45, 7) is 8.59. The first kappa shape index (κ1) is 19.6. The van der Waals surface area contributed by atoms with Gasteiger partial charge in [0, 0.05) is 0 Å². The Kier molecular flexibility index (Phi) is 6.21. The molecule has 1 saturated heterocycles. The van der Waals surface area contributed by atoms with Crippen molar-refractivity contribution < 1.29 is 9.21 Å². The van der Waals surface area contributed by atoms with Gasteiger partial charge in [0.1, 0.15) is 18.5 Å². The first-order valence-electron chi connectivity index (χ1n) is 8.88. The number of rotatable bonds is 7. The molecule has 1 atom stereocenters. The number of hydrogen-bond acceptors (Lipinski definition) is 7. The number of primary amides is 1. The largest absolute Gasteiger partial charge is 0.450 e. The van der Waals surface area contributed by atoms with E-state index in [1.807, 2.05) is 12.4 Å². The maximum absolute atomic E-state index is 12.0. The molecule has 0 bridgehead atoms. The van der Waals surface area contributed by atoms with Gasteiger partial charge in [-0.1, -0.05) is 19.6 Å². The summed E-state index contributed by atoms with van der Waals surface area (Å²) in [5, 5.41) is 5.19. The van der Waals surface area contributed by atoms with Crippen molar-refractivity contribution in [3.05, 3.63) is 23.3 Å². The number of nitrogens with one attached hydrogen (secondary N) is 1. The van der Waals surface area contributed by atoms with E-state index >= 15 is 0 Å². The fraction of sp³-hybridized carbons (Fsp3) is 0.588. The Morgan fingerprint density at radius 1 is 1.38 bits per heavy atom. The third kappa shape index (κ3) is 4.76. The Labute approximate surface area is 163 Å². The normalized spacial score (nSPS) is 17.3. The fourth-order valence-corrected chi connectivity index (χ4v) is 6.00. The number of oxazole rings is 1. The van der Waals surface area contributed by atoms with Gasteiger partial charge in [0.25, 0.3) is 0 Å². The highest BCUT2D eigenvalue weighted by atomic mass is 32.2. The second kappa shape index (κ2) is 8.24. The van der Waals surface area contributed by atoms with Crippen LogP contribution in [0.2, 0.25) is 19.6 Å². The lowest BCUT2D eigenvalue weighted by Crippen LogP contribution is -2.36. The van der Waals surface area contributed by atoms with Crippen LogP contribution in [0.25, 0.3) is 0 Å². The van der Waals surface area contributed by atoms with E-state index in [4.69, 9.17) is 10.2 Å². The van der Waals surface area contributed by atoms with Crippen molar-refractivity contribution in [2.75, 3.05) is 13.1 Å². The first-order chi connectivity index (χ1) is 12.3. The molecule has 142 valence electrons. The zero-order valence-corrected chi connectivity index (χ0v) is 18.1. The van der Waals surface area contributed by atoms with E-state index in [1.54, 1.807) is 23.1 Å². The molecule has 6 nitrogen and oxygen atoms in total. The summed E-state index contributed by atoms with van der Waals surface area (Å²) in [6.07, 6.45) is 5.63. The molecule has 0 saturated carbocycles. The van der Waals surface area contributed by atoms with E-state index in [0.717, 1.165) is 46.4 Å². The van der Waals surface area contributed by atoms with Gasteiger partial charge in [-0.25, -0.2) is 9.97 Å². The summed E-state index contributed by atoms with van der Waals surface area (Å²) in [5.74, 6) is 1.14. The van der Waals surface area contributed by atoms with Crippen molar-refractivity contribution in [1.82, 2.24) is 15.3 Å². The molecular formula is C17H26N4O2S2Si. The summed E-state index contributed by atoms with van der Waals surface area (Å²) in [4.78, 5) is 20.9. The second-order valence-corrected chi connectivity index (χ2v) is 15.0. The Morgan fingerprint density at radius 3 is 2.73 bits per heavy atom. The van der Waals surface area contributed by atoms with Crippen molar-refractivity contribution in [3.8, 4) is 0 Å². The predicted octanol–water partition coefficient (Wildman–Crippen LogP) is 2.54. The number of hydrogen-bond donors (Lipinski definition) is 2. The van der Waals surface area contributed by atoms with Crippen LogP contribution in [-0.4, -0.2) is 37.0 Å². The number of amides is 1. The lowest BCUT2D eigenvalue weighted by Gasteiger charge is -2.27. The van der Waals surface area contributed by atoms with Crippen molar-refractivity contribution in [2.45, 2.75) is 48.4 Å². The maximum Gasteiger partial charge on any atom is 0.227 e. The molecule has 9 heteroatoms. The molecule has 0 aliphatic carbocycles. The Balaban J connectivity index is 1.65. The highest BCUT2D eigenvalue weighted by Crippen LogP contribution is 2.36. The molecule has 1 fully saturated rings. The zero-order chi connectivity index (χ0) is 18.7. The highest BCUT2D eigenvalue weighted by molar-refractivity contribution is 8.00. The van der Waals surface area contributed by atoms with E-state index in [1.165, 1.54) is 0 Å². The Morgan fingerprint density at radius 2 is 2.12 bits per heavy atom. The quantitative estimate of drug-likeness (QED) is 0.538. The number of carbonyl (C=O) groups is 1. The molecule has 2 aromatic heterocycles. The van der Waals surface area contributed by atoms with Crippen LogP contribution in [0.15, 0.2) is 21.0 Å². The average Bonchev–Trinajstić information content (AvgIpc) is 3.23. The van der Waals surface area contributed by atoms with Crippen LogP contribution in [0.1, 0.15) is 29.7 Å². The number of piperidine rings is 1. The number of thioether (sulfide) groups is 1. The lowest BCUT2D eigenvalue weighted by molar-refractivity contribution is -0.120. The molecule has 1 unspecified atom stereocenters. The smallest absolute Gasteiger partial charge is 0.227 e. The molecule has 3 heterocycles. The fourth-order valence-electron chi connectivity index (χ4n) is 3.07. The summed E-state index contributed by atoms with van der Waals surface area (Å²) in [6, 6.07) is 0. The molecule has 3 N–H and O–H groups in total. The van der Waals surface area contributed by atoms with Gasteiger partial charge in [-0.05, 0) is 31.8 Å². The molecule has 3 rings (SSSR count). The van der Waals surface area contributed by atoms with Crippen LogP contribution in [0, 0.1) is 5.92 Å². The second-order valence-electron chi connectivity index (χ2n) is 7.64. The van der Waals surface area contributed by atoms with Gasteiger partial charge in [-0.3, -0.25) is 4.79 Å². The van der Waals surface area contributed by atoms with E-state index in [9.17, 15) is 4.79 Å². The van der Waals surface area contributed by atoms with Gasteiger partial charge in [0.2, 0.25) is 11.8 Å². The van der Waals surface area contributed by atoms with Gasteiger partial charge in [-0.15, -0.1) is 23.1 Å². The first-order valence-corrected chi connectivity index (χ1v) is 14.2. The van der Waals surface area contributed by atoms with Gasteiger partial charge in [0.05, 0.1) is 28.3 Å². The number of carbonyl (C=O) groups excluding carboxylic acids is 1. The molecular weight excluding hydrogens is 384 g/mol. The molecule has 26 heavy (non-hydrogen) atoms. The maximum atomic E-state index is 12.0. The topological polar surface area (TPSA) is 94.0 Å². The molecule has 1 aliphatic heterocycles. The van der Waals surface area contributed by atoms with E-state index < -0.39 is 8.07 Å². The van der Waals surface area contributed by atoms with Crippen LogP contribution in [0.4, 0.5) is 0 Å². The highest BCUT2D eigenvalue weighted by Gasteiger charge is 2.31. The van der Waals surface area contributed by atoms with Gasteiger partial charge >= 0.3 is 0 Å². The lowest BCUT2D eigenvalue weighted by atomic mass is 9.85. The summed E-state index contributed by atoms with van der Waals surface area (Å²) < 4.78 is 6.95. The predicted molar refractivity (Wildman–Crippen MR) is 109 cm³/mol. The van der Waals surface area contributed by atoms with Crippen molar-refractivity contribution in [2.24, 2.45) is 11.7 Å². The van der Waals surface area contributed by atoms with Crippen molar-refractivity contribution in [3.63, 3.8) is 0 Å². The third-order valence-electron chi connectivity index (χ3n) is 4.56. The molecule has 0 radical (unpaired) electrons. The van der Waals surface area contributed by atoms with Crippen LogP contribution < -0.4 is 16.4 Å². The van der Waals surface area contributed by atoms with Crippen LogP contribution >= 0.6 is 23.1 Å². The van der Waals surface area contributed by atoms with Crippen LogP contribution in [-0.2, 0) is 10.5 Å². The van der Waals surface area contributed by atoms with E-state index in [2.05, 4.69) is 34.9 Å². The minimum atomic E-state index is -1.47. The summed E-state index contributed by atoms with van der Waals surface area (Å²) >= 11 is 3.21. The summed E-state index contributed by atoms with van der Waals surface area (Å²) in [7, 11) is -1.47.